The van der Waals surface area contributed by atoms with E-state index in [1.807, 2.05) is 0 Å². The number of rotatable bonds is 7. The molecule has 2 rings (SSSR count). The first-order chi connectivity index (χ1) is 12.2. The summed E-state index contributed by atoms with van der Waals surface area (Å²) >= 11 is 0. The number of carbonyl (C=O) groups excluding carboxylic acids is 1. The molecule has 1 heterocycles. The zero-order valence-corrected chi connectivity index (χ0v) is 15.3. The Labute approximate surface area is 152 Å². The summed E-state index contributed by atoms with van der Waals surface area (Å²) in [5.74, 6) is -2.52. The van der Waals surface area contributed by atoms with Crippen molar-refractivity contribution in [1.82, 2.24) is 9.62 Å². The third-order valence-electron chi connectivity index (χ3n) is 4.48. The van der Waals surface area contributed by atoms with Crippen LogP contribution in [-0.2, 0) is 19.6 Å². The Kier molecular flexibility index (Phi) is 6.71. The summed E-state index contributed by atoms with van der Waals surface area (Å²) < 4.78 is 38.4. The first-order valence-corrected chi connectivity index (χ1v) is 10.1. The number of nitrogens with one attached hydrogen (secondary N) is 1. The molecule has 1 aliphatic rings. The average molecular weight is 386 g/mol. The highest BCUT2D eigenvalue weighted by Crippen LogP contribution is 2.23. The topological polar surface area (TPSA) is 104 Å². The Hall–Kier alpha value is -2.00. The van der Waals surface area contributed by atoms with Gasteiger partial charge >= 0.3 is 5.97 Å². The lowest BCUT2D eigenvalue weighted by Gasteiger charge is -2.31. The van der Waals surface area contributed by atoms with Gasteiger partial charge in [0.05, 0.1) is 24.1 Å². The number of hydrogen-bond donors (Lipinski definition) is 2. The number of aliphatic carboxylic acids is 1. The maximum Gasteiger partial charge on any atom is 0.305 e. The van der Waals surface area contributed by atoms with Crippen molar-refractivity contribution in [2.24, 2.45) is 5.92 Å². The Morgan fingerprint density at radius 1 is 1.35 bits per heavy atom. The lowest BCUT2D eigenvalue weighted by molar-refractivity contribution is -0.138. The van der Waals surface area contributed by atoms with Crippen molar-refractivity contribution in [2.75, 3.05) is 18.8 Å². The van der Waals surface area contributed by atoms with Crippen molar-refractivity contribution < 1.29 is 27.5 Å². The summed E-state index contributed by atoms with van der Waals surface area (Å²) in [7, 11) is -3.37. The SMILES string of the molecule is CCS(=O)(=O)N1CCCC(C(=O)NC(CC(=O)O)c2ccc(F)cc2)C1. The van der Waals surface area contributed by atoms with Crippen LogP contribution in [0.1, 0.15) is 37.8 Å². The van der Waals surface area contributed by atoms with E-state index >= 15 is 0 Å². The summed E-state index contributed by atoms with van der Waals surface area (Å²) in [4.78, 5) is 23.7. The highest BCUT2D eigenvalue weighted by molar-refractivity contribution is 7.89. The molecule has 0 aliphatic carbocycles. The predicted molar refractivity (Wildman–Crippen MR) is 93.3 cm³/mol. The molecule has 26 heavy (non-hydrogen) atoms. The summed E-state index contributed by atoms with van der Waals surface area (Å²) in [6.45, 7) is 2.03. The largest absolute Gasteiger partial charge is 0.481 e. The molecule has 1 aromatic carbocycles. The third kappa shape index (κ3) is 5.25. The third-order valence-corrected chi connectivity index (χ3v) is 6.33. The van der Waals surface area contributed by atoms with Gasteiger partial charge in [-0.2, -0.15) is 0 Å². The maximum atomic E-state index is 13.1. The number of nitrogens with zero attached hydrogens (tertiary/aromatic N) is 1. The van der Waals surface area contributed by atoms with Crippen molar-refractivity contribution in [3.63, 3.8) is 0 Å². The van der Waals surface area contributed by atoms with E-state index in [1.54, 1.807) is 6.92 Å². The van der Waals surface area contributed by atoms with Gasteiger partial charge in [-0.15, -0.1) is 0 Å². The van der Waals surface area contributed by atoms with Crippen LogP contribution in [0.4, 0.5) is 4.39 Å². The molecule has 7 nitrogen and oxygen atoms in total. The first kappa shape index (κ1) is 20.3. The normalized spacial score (nSPS) is 19.7. The van der Waals surface area contributed by atoms with E-state index in [-0.39, 0.29) is 18.7 Å². The number of benzene rings is 1. The van der Waals surface area contributed by atoms with E-state index in [0.717, 1.165) is 0 Å². The van der Waals surface area contributed by atoms with E-state index in [4.69, 9.17) is 5.11 Å². The van der Waals surface area contributed by atoms with Crippen LogP contribution in [0, 0.1) is 11.7 Å². The number of carboxylic acid groups (broad SMARTS) is 1. The van der Waals surface area contributed by atoms with Crippen molar-refractivity contribution in [2.45, 2.75) is 32.2 Å². The molecule has 144 valence electrons. The quantitative estimate of drug-likeness (QED) is 0.739. The Bertz CT molecular complexity index is 751. The molecule has 2 N–H and O–H groups in total. The van der Waals surface area contributed by atoms with E-state index in [2.05, 4.69) is 5.32 Å². The molecule has 1 aliphatic heterocycles. The number of piperidine rings is 1. The smallest absolute Gasteiger partial charge is 0.305 e. The molecule has 2 unspecified atom stereocenters. The maximum absolute atomic E-state index is 13.1. The van der Waals surface area contributed by atoms with Crippen LogP contribution < -0.4 is 5.32 Å². The minimum atomic E-state index is -3.37. The zero-order valence-electron chi connectivity index (χ0n) is 14.5. The fourth-order valence-corrected chi connectivity index (χ4v) is 4.18. The number of carbonyl (C=O) groups is 2. The summed E-state index contributed by atoms with van der Waals surface area (Å²) in [5.41, 5.74) is 0.482. The predicted octanol–water partition coefficient (Wildman–Crippen LogP) is 1.52. The number of hydrogen-bond acceptors (Lipinski definition) is 4. The molecule has 0 bridgehead atoms. The van der Waals surface area contributed by atoms with Gasteiger partial charge in [0.2, 0.25) is 15.9 Å². The molecular weight excluding hydrogens is 363 g/mol. The van der Waals surface area contributed by atoms with Crippen molar-refractivity contribution in [3.8, 4) is 0 Å². The van der Waals surface area contributed by atoms with Gasteiger partial charge in [0.1, 0.15) is 5.82 Å². The van der Waals surface area contributed by atoms with Gasteiger partial charge in [0, 0.05) is 13.1 Å². The van der Waals surface area contributed by atoms with Gasteiger partial charge in [0.15, 0.2) is 0 Å². The fraction of sp³-hybridized carbons (Fsp3) is 0.529. The van der Waals surface area contributed by atoms with Gasteiger partial charge in [-0.1, -0.05) is 12.1 Å². The molecule has 1 fully saturated rings. The molecule has 9 heteroatoms. The highest BCUT2D eigenvalue weighted by Gasteiger charge is 2.32. The minimum Gasteiger partial charge on any atom is -0.481 e. The first-order valence-electron chi connectivity index (χ1n) is 8.48. The summed E-state index contributed by atoms with van der Waals surface area (Å²) in [5, 5.41) is 11.8. The molecule has 1 saturated heterocycles. The molecule has 0 aromatic heterocycles. The monoisotopic (exact) mass is 386 g/mol. The molecule has 1 aromatic rings. The van der Waals surface area contributed by atoms with E-state index in [9.17, 15) is 22.4 Å². The molecule has 2 atom stereocenters. The van der Waals surface area contributed by atoms with Gasteiger partial charge in [-0.3, -0.25) is 9.59 Å². The second-order valence-electron chi connectivity index (χ2n) is 6.31. The van der Waals surface area contributed by atoms with Crippen molar-refractivity contribution in [1.29, 1.82) is 0 Å². The van der Waals surface area contributed by atoms with E-state index in [0.29, 0.717) is 24.9 Å². The molecule has 0 radical (unpaired) electrons. The standard InChI is InChI=1S/C17H23FN2O5S/c1-2-26(24,25)20-9-3-4-13(11-20)17(23)19-15(10-16(21)22)12-5-7-14(18)8-6-12/h5-8,13,15H,2-4,9-11H2,1H3,(H,19,23)(H,21,22). The number of halogens is 1. The number of amides is 1. The van der Waals surface area contributed by atoms with Crippen molar-refractivity contribution >= 4 is 21.9 Å². The zero-order chi connectivity index (χ0) is 19.3. The summed E-state index contributed by atoms with van der Waals surface area (Å²) in [6, 6.07) is 4.45. The van der Waals surface area contributed by atoms with Crippen LogP contribution >= 0.6 is 0 Å². The molecule has 0 saturated carbocycles. The Balaban J connectivity index is 2.11. The molecule has 1 amide bonds. The van der Waals surface area contributed by atoms with E-state index in [1.165, 1.54) is 28.6 Å². The second kappa shape index (κ2) is 8.59. The Morgan fingerprint density at radius 2 is 2.00 bits per heavy atom. The molecule has 0 spiro atoms. The number of sulfonamides is 1. The van der Waals surface area contributed by atoms with E-state index < -0.39 is 39.7 Å². The minimum absolute atomic E-state index is 0.0292. The van der Waals surface area contributed by atoms with Gasteiger partial charge in [-0.25, -0.2) is 17.1 Å². The van der Waals surface area contributed by atoms with Crippen LogP contribution in [0.3, 0.4) is 0 Å². The van der Waals surface area contributed by atoms with Crippen LogP contribution in [0.15, 0.2) is 24.3 Å². The van der Waals surface area contributed by atoms with Crippen LogP contribution in [-0.4, -0.2) is 48.5 Å². The number of carboxylic acids is 1. The van der Waals surface area contributed by atoms with Crippen LogP contribution in [0.2, 0.25) is 0 Å². The van der Waals surface area contributed by atoms with Gasteiger partial charge in [-0.05, 0) is 37.5 Å². The van der Waals surface area contributed by atoms with Crippen LogP contribution in [0.25, 0.3) is 0 Å². The van der Waals surface area contributed by atoms with Gasteiger partial charge < -0.3 is 10.4 Å². The highest BCUT2D eigenvalue weighted by atomic mass is 32.2. The lowest BCUT2D eigenvalue weighted by atomic mass is 9.97. The Morgan fingerprint density at radius 3 is 2.58 bits per heavy atom. The molecular formula is C17H23FN2O5S. The second-order valence-corrected chi connectivity index (χ2v) is 8.57. The lowest BCUT2D eigenvalue weighted by Crippen LogP contribution is -2.46. The van der Waals surface area contributed by atoms with Gasteiger partial charge in [0.25, 0.3) is 0 Å². The summed E-state index contributed by atoms with van der Waals surface area (Å²) in [6.07, 6.45) is 0.753. The average Bonchev–Trinajstić information content (AvgIpc) is 2.61. The van der Waals surface area contributed by atoms with Crippen molar-refractivity contribution in [3.05, 3.63) is 35.6 Å². The fourth-order valence-electron chi connectivity index (χ4n) is 3.00. The van der Waals surface area contributed by atoms with Crippen LogP contribution in [0.5, 0.6) is 0 Å².